The van der Waals surface area contributed by atoms with Crippen molar-refractivity contribution in [3.05, 3.63) is 50.9 Å². The Kier molecular flexibility index (Phi) is 2.61. The molecule has 0 aliphatic rings. The lowest BCUT2D eigenvalue weighted by atomic mass is 10.3. The Morgan fingerprint density at radius 3 is 2.61 bits per heavy atom. The summed E-state index contributed by atoms with van der Waals surface area (Å²) in [5.74, 6) is 0.652. The molecule has 2 heterocycles. The second-order valence-corrected chi connectivity index (χ2v) is 4.62. The van der Waals surface area contributed by atoms with E-state index in [9.17, 15) is 4.79 Å². The van der Waals surface area contributed by atoms with E-state index >= 15 is 0 Å². The van der Waals surface area contributed by atoms with E-state index in [4.69, 9.17) is 23.2 Å². The molecule has 0 radical (unpaired) electrons. The first kappa shape index (κ1) is 11.3. The molecule has 0 spiro atoms. The average molecular weight is 280 g/mol. The van der Waals surface area contributed by atoms with Gasteiger partial charge in [-0.25, -0.2) is 4.98 Å². The van der Waals surface area contributed by atoms with E-state index in [1.807, 2.05) is 0 Å². The first-order valence-corrected chi connectivity index (χ1v) is 5.93. The molecular weight excluding hydrogens is 273 g/mol. The molecule has 0 fully saturated rings. The van der Waals surface area contributed by atoms with E-state index in [1.54, 1.807) is 24.4 Å². The van der Waals surface area contributed by atoms with Crippen LogP contribution in [0.15, 0.2) is 35.3 Å². The maximum Gasteiger partial charge on any atom is 0.247 e. The number of benzene rings is 1. The number of hydrogen-bond acceptors (Lipinski definition) is 2. The van der Waals surface area contributed by atoms with Crippen LogP contribution in [-0.2, 0) is 0 Å². The number of pyridine rings is 1. The summed E-state index contributed by atoms with van der Waals surface area (Å²) in [6.07, 6.45) is 1.60. The normalized spacial score (nSPS) is 11.0. The van der Waals surface area contributed by atoms with Crippen LogP contribution in [0.5, 0.6) is 0 Å². The molecule has 0 saturated carbocycles. The largest absolute Gasteiger partial charge is 0.338 e. The molecule has 0 saturated heterocycles. The van der Waals surface area contributed by atoms with Crippen LogP contribution in [-0.4, -0.2) is 15.0 Å². The van der Waals surface area contributed by atoms with Crippen molar-refractivity contribution in [2.75, 3.05) is 0 Å². The van der Waals surface area contributed by atoms with E-state index in [2.05, 4.69) is 15.0 Å². The number of fused-ring (bicyclic) bond motifs is 1. The Morgan fingerprint density at radius 2 is 1.89 bits per heavy atom. The molecule has 0 bridgehead atoms. The predicted octanol–water partition coefficient (Wildman–Crippen LogP) is 3.23. The summed E-state index contributed by atoms with van der Waals surface area (Å²) in [6.45, 7) is 0. The van der Waals surface area contributed by atoms with Gasteiger partial charge < -0.3 is 9.97 Å². The molecule has 2 aromatic heterocycles. The second kappa shape index (κ2) is 4.15. The Bertz CT molecular complexity index is 732. The molecule has 6 heteroatoms. The van der Waals surface area contributed by atoms with Crippen molar-refractivity contribution in [2.45, 2.75) is 0 Å². The maximum atomic E-state index is 11.0. The number of nitrogens with zero attached hydrogens (tertiary/aromatic N) is 1. The smallest absolute Gasteiger partial charge is 0.247 e. The van der Waals surface area contributed by atoms with Gasteiger partial charge in [-0.2, -0.15) is 0 Å². The minimum absolute atomic E-state index is 0.152. The predicted molar refractivity (Wildman–Crippen MR) is 72.2 cm³/mol. The van der Waals surface area contributed by atoms with Crippen molar-refractivity contribution in [3.63, 3.8) is 0 Å². The summed E-state index contributed by atoms with van der Waals surface area (Å²) in [7, 11) is 0. The second-order valence-electron chi connectivity index (χ2n) is 3.81. The third-order valence-corrected chi connectivity index (χ3v) is 3.30. The maximum absolute atomic E-state index is 11.0. The highest BCUT2D eigenvalue weighted by molar-refractivity contribution is 6.42. The summed E-state index contributed by atoms with van der Waals surface area (Å²) in [5, 5.41) is 0.935. The number of nitrogens with one attached hydrogen (secondary N) is 2. The fourth-order valence-electron chi connectivity index (χ4n) is 1.70. The molecule has 1 aromatic carbocycles. The lowest BCUT2D eigenvalue weighted by Crippen LogP contribution is -2.01. The lowest BCUT2D eigenvalue weighted by molar-refractivity contribution is 1.22. The van der Waals surface area contributed by atoms with Gasteiger partial charge in [0.05, 0.1) is 21.1 Å². The molecule has 4 nitrogen and oxygen atoms in total. The Balaban J connectivity index is 2.19. The van der Waals surface area contributed by atoms with Gasteiger partial charge in [0.15, 0.2) is 0 Å². The molecule has 18 heavy (non-hydrogen) atoms. The summed E-state index contributed by atoms with van der Waals surface area (Å²) < 4.78 is 0. The lowest BCUT2D eigenvalue weighted by Gasteiger charge is -1.93. The van der Waals surface area contributed by atoms with Gasteiger partial charge in [0, 0.05) is 17.8 Å². The van der Waals surface area contributed by atoms with Gasteiger partial charge in [-0.05, 0) is 18.2 Å². The van der Waals surface area contributed by atoms with Gasteiger partial charge in [-0.3, -0.25) is 4.79 Å². The molecule has 3 rings (SSSR count). The zero-order chi connectivity index (χ0) is 12.7. The van der Waals surface area contributed by atoms with Crippen molar-refractivity contribution in [3.8, 4) is 11.4 Å². The third kappa shape index (κ3) is 1.89. The van der Waals surface area contributed by atoms with Gasteiger partial charge in [-0.15, -0.1) is 0 Å². The Morgan fingerprint density at radius 1 is 1.11 bits per heavy atom. The number of aromatic nitrogens is 3. The number of hydrogen-bond donors (Lipinski definition) is 2. The highest BCUT2D eigenvalue weighted by Crippen LogP contribution is 2.28. The SMILES string of the molecule is O=c1ccc(-c2nc3cc(Cl)c(Cl)cc3[nH]2)c[nH]1. The van der Waals surface area contributed by atoms with E-state index in [0.717, 1.165) is 16.6 Å². The molecule has 3 aromatic rings. The molecule has 0 amide bonds. The van der Waals surface area contributed by atoms with E-state index in [1.165, 1.54) is 6.07 Å². The van der Waals surface area contributed by atoms with Gasteiger partial charge in [0.1, 0.15) is 5.82 Å². The van der Waals surface area contributed by atoms with Gasteiger partial charge in [0.25, 0.3) is 0 Å². The molecule has 90 valence electrons. The highest BCUT2D eigenvalue weighted by Gasteiger charge is 2.08. The van der Waals surface area contributed by atoms with Crippen LogP contribution in [0.4, 0.5) is 0 Å². The number of imidazole rings is 1. The highest BCUT2D eigenvalue weighted by atomic mass is 35.5. The van der Waals surface area contributed by atoms with Crippen LogP contribution in [0.25, 0.3) is 22.4 Å². The van der Waals surface area contributed by atoms with Crippen molar-refractivity contribution in [2.24, 2.45) is 0 Å². The summed E-state index contributed by atoms with van der Waals surface area (Å²) >= 11 is 11.9. The third-order valence-electron chi connectivity index (χ3n) is 2.58. The quantitative estimate of drug-likeness (QED) is 0.718. The van der Waals surface area contributed by atoms with Crippen molar-refractivity contribution < 1.29 is 0 Å². The number of aromatic amines is 2. The summed E-state index contributed by atoms with van der Waals surface area (Å²) in [6, 6.07) is 6.56. The zero-order valence-corrected chi connectivity index (χ0v) is 10.5. The van der Waals surface area contributed by atoms with E-state index < -0.39 is 0 Å². The molecule has 2 N–H and O–H groups in total. The molecule has 0 aliphatic heterocycles. The first-order chi connectivity index (χ1) is 8.63. The van der Waals surface area contributed by atoms with E-state index in [-0.39, 0.29) is 5.56 Å². The van der Waals surface area contributed by atoms with Crippen molar-refractivity contribution in [1.29, 1.82) is 0 Å². The first-order valence-electron chi connectivity index (χ1n) is 5.17. The topological polar surface area (TPSA) is 61.5 Å². The number of rotatable bonds is 1. The fraction of sp³-hybridized carbons (Fsp3) is 0. The molecule has 0 unspecified atom stereocenters. The van der Waals surface area contributed by atoms with Gasteiger partial charge in [0.2, 0.25) is 5.56 Å². The average Bonchev–Trinajstić information content (AvgIpc) is 2.73. The standard InChI is InChI=1S/C12H7Cl2N3O/c13-7-3-9-10(4-8(7)14)17-12(16-9)6-1-2-11(18)15-5-6/h1-5H,(H,15,18)(H,16,17). The van der Waals surface area contributed by atoms with Gasteiger partial charge in [-0.1, -0.05) is 23.2 Å². The molecular formula is C12H7Cl2N3O. The minimum atomic E-state index is -0.152. The van der Waals surface area contributed by atoms with Crippen LogP contribution in [0, 0.1) is 0 Å². The zero-order valence-electron chi connectivity index (χ0n) is 9.00. The van der Waals surface area contributed by atoms with Crippen molar-refractivity contribution in [1.82, 2.24) is 15.0 Å². The Hall–Kier alpha value is -1.78. The Labute approximate surface area is 112 Å². The van der Waals surface area contributed by atoms with Crippen molar-refractivity contribution >= 4 is 34.2 Å². The summed E-state index contributed by atoms with van der Waals surface area (Å²) in [5.41, 5.74) is 2.16. The molecule has 0 aliphatic carbocycles. The summed E-state index contributed by atoms with van der Waals surface area (Å²) in [4.78, 5) is 21.1. The fourth-order valence-corrected chi connectivity index (χ4v) is 2.02. The van der Waals surface area contributed by atoms with E-state index in [0.29, 0.717) is 15.9 Å². The molecule has 0 atom stereocenters. The van der Waals surface area contributed by atoms with Crippen LogP contribution in [0.1, 0.15) is 0 Å². The van der Waals surface area contributed by atoms with Crippen LogP contribution < -0.4 is 5.56 Å². The number of halogens is 2. The van der Waals surface area contributed by atoms with Crippen LogP contribution >= 0.6 is 23.2 Å². The van der Waals surface area contributed by atoms with Crippen LogP contribution in [0.2, 0.25) is 10.0 Å². The minimum Gasteiger partial charge on any atom is -0.338 e. The van der Waals surface area contributed by atoms with Crippen LogP contribution in [0.3, 0.4) is 0 Å². The monoisotopic (exact) mass is 279 g/mol. The van der Waals surface area contributed by atoms with Gasteiger partial charge >= 0.3 is 0 Å². The number of H-pyrrole nitrogens is 2.